The molecule has 0 spiro atoms. The van der Waals surface area contributed by atoms with Crippen LogP contribution in [0.1, 0.15) is 35.2 Å². The number of anilines is 1. The maximum Gasteiger partial charge on any atom is 0.254 e. The zero-order valence-electron chi connectivity index (χ0n) is 11.3. The lowest BCUT2D eigenvalue weighted by Gasteiger charge is -2.40. The fourth-order valence-corrected chi connectivity index (χ4v) is 3.24. The Kier molecular flexibility index (Phi) is 4.04. The summed E-state index contributed by atoms with van der Waals surface area (Å²) in [6.45, 7) is 2.19. The number of thioether (sulfide) groups is 1. The summed E-state index contributed by atoms with van der Waals surface area (Å²) >= 11 is 1.77. The topological polar surface area (TPSA) is 55.1 Å². The van der Waals surface area contributed by atoms with Gasteiger partial charge in [0, 0.05) is 17.0 Å². The first-order valence-corrected chi connectivity index (χ1v) is 7.59. The molecule has 0 bridgehead atoms. The lowest BCUT2D eigenvalue weighted by Crippen LogP contribution is -2.45. The predicted octanol–water partition coefficient (Wildman–Crippen LogP) is 2.73. The number of amides is 1. The van der Waals surface area contributed by atoms with Crippen LogP contribution in [0.3, 0.4) is 0 Å². The van der Waals surface area contributed by atoms with Crippen LogP contribution in [0.5, 0.6) is 0 Å². The van der Waals surface area contributed by atoms with Crippen molar-refractivity contribution in [3.8, 4) is 0 Å². The quantitative estimate of drug-likeness (QED) is 0.835. The van der Waals surface area contributed by atoms with Crippen molar-refractivity contribution in [2.24, 2.45) is 0 Å². The van der Waals surface area contributed by atoms with Crippen molar-refractivity contribution in [2.75, 3.05) is 18.5 Å². The Balaban J connectivity index is 2.08. The van der Waals surface area contributed by atoms with E-state index in [9.17, 15) is 9.18 Å². The molecule has 19 heavy (non-hydrogen) atoms. The Labute approximate surface area is 117 Å². The van der Waals surface area contributed by atoms with Gasteiger partial charge >= 0.3 is 0 Å². The largest absolute Gasteiger partial charge is 0.399 e. The molecule has 1 aromatic rings. The van der Waals surface area contributed by atoms with E-state index in [0.717, 1.165) is 12.8 Å². The zero-order chi connectivity index (χ0) is 14.0. The minimum absolute atomic E-state index is 0.0353. The van der Waals surface area contributed by atoms with Gasteiger partial charge in [0.25, 0.3) is 5.91 Å². The summed E-state index contributed by atoms with van der Waals surface area (Å²) < 4.78 is 14.0. The molecule has 0 unspecified atom stereocenters. The number of nitrogens with two attached hydrogens (primary N) is 1. The summed E-state index contributed by atoms with van der Waals surface area (Å²) in [5, 5.41) is 2.83. The van der Waals surface area contributed by atoms with Crippen LogP contribution >= 0.6 is 11.8 Å². The molecule has 0 heterocycles. The van der Waals surface area contributed by atoms with Gasteiger partial charge in [-0.1, -0.05) is 6.42 Å². The van der Waals surface area contributed by atoms with Crippen molar-refractivity contribution >= 4 is 23.4 Å². The SMILES string of the molecule is CSC1(CNC(=O)c2cc(N)cc(C)c2F)CCC1. The van der Waals surface area contributed by atoms with E-state index >= 15 is 0 Å². The van der Waals surface area contributed by atoms with Crippen LogP contribution in [-0.2, 0) is 0 Å². The number of carbonyl (C=O) groups excluding carboxylic acids is 1. The molecule has 0 atom stereocenters. The molecule has 5 heteroatoms. The van der Waals surface area contributed by atoms with Gasteiger partial charge in [0.15, 0.2) is 0 Å². The summed E-state index contributed by atoms with van der Waals surface area (Å²) in [5.41, 5.74) is 6.50. The first-order valence-electron chi connectivity index (χ1n) is 6.36. The van der Waals surface area contributed by atoms with Crippen molar-refractivity contribution < 1.29 is 9.18 Å². The summed E-state index contributed by atoms with van der Waals surface area (Å²) in [6.07, 6.45) is 5.46. The molecular formula is C14H19FN2OS. The monoisotopic (exact) mass is 282 g/mol. The zero-order valence-corrected chi connectivity index (χ0v) is 12.1. The van der Waals surface area contributed by atoms with Crippen molar-refractivity contribution in [3.05, 3.63) is 29.1 Å². The Hall–Kier alpha value is -1.23. The Bertz CT molecular complexity index is 495. The third-order valence-electron chi connectivity index (χ3n) is 3.79. The van der Waals surface area contributed by atoms with Gasteiger partial charge in [0.1, 0.15) is 5.82 Å². The second-order valence-electron chi connectivity index (χ2n) is 5.12. The highest BCUT2D eigenvalue weighted by atomic mass is 32.2. The van der Waals surface area contributed by atoms with Gasteiger partial charge in [0.05, 0.1) is 5.56 Å². The molecule has 1 aliphatic carbocycles. The molecule has 0 aromatic heterocycles. The highest BCUT2D eigenvalue weighted by molar-refractivity contribution is 8.00. The van der Waals surface area contributed by atoms with Crippen molar-refractivity contribution in [3.63, 3.8) is 0 Å². The summed E-state index contributed by atoms with van der Waals surface area (Å²) in [6, 6.07) is 2.92. The molecular weight excluding hydrogens is 263 g/mol. The fourth-order valence-electron chi connectivity index (χ4n) is 2.32. The standard InChI is InChI=1S/C14H19FN2OS/c1-9-6-10(16)7-11(12(9)15)13(18)17-8-14(19-2)4-3-5-14/h6-7H,3-5,8,16H2,1-2H3,(H,17,18). The van der Waals surface area contributed by atoms with Crippen LogP contribution in [0, 0.1) is 12.7 Å². The van der Waals surface area contributed by atoms with Gasteiger partial charge in [-0.2, -0.15) is 11.8 Å². The minimum atomic E-state index is -0.487. The van der Waals surface area contributed by atoms with E-state index in [0.29, 0.717) is 17.8 Å². The minimum Gasteiger partial charge on any atom is -0.399 e. The van der Waals surface area contributed by atoms with E-state index in [2.05, 4.69) is 11.6 Å². The van der Waals surface area contributed by atoms with E-state index in [1.807, 2.05) is 0 Å². The summed E-state index contributed by atoms with van der Waals surface area (Å²) in [5.74, 6) is -0.869. The van der Waals surface area contributed by atoms with Crippen molar-refractivity contribution in [1.82, 2.24) is 5.32 Å². The van der Waals surface area contributed by atoms with Crippen LogP contribution in [0.4, 0.5) is 10.1 Å². The Morgan fingerprint density at radius 2 is 2.21 bits per heavy atom. The number of nitrogens with one attached hydrogen (secondary N) is 1. The number of aryl methyl sites for hydroxylation is 1. The van der Waals surface area contributed by atoms with Crippen LogP contribution in [0.2, 0.25) is 0 Å². The highest BCUT2D eigenvalue weighted by Crippen LogP contribution is 2.42. The van der Waals surface area contributed by atoms with E-state index in [1.165, 1.54) is 18.6 Å². The van der Waals surface area contributed by atoms with Gasteiger partial charge in [0.2, 0.25) is 0 Å². The molecule has 3 nitrogen and oxygen atoms in total. The smallest absolute Gasteiger partial charge is 0.254 e. The lowest BCUT2D eigenvalue weighted by atomic mass is 9.84. The van der Waals surface area contributed by atoms with Gasteiger partial charge < -0.3 is 11.1 Å². The molecule has 0 saturated heterocycles. The van der Waals surface area contributed by atoms with Crippen LogP contribution in [0.15, 0.2) is 12.1 Å². The van der Waals surface area contributed by atoms with E-state index in [1.54, 1.807) is 18.7 Å². The number of rotatable bonds is 4. The number of hydrogen-bond donors (Lipinski definition) is 2. The first kappa shape index (κ1) is 14.2. The van der Waals surface area contributed by atoms with Gasteiger partial charge in [-0.25, -0.2) is 4.39 Å². The number of benzene rings is 1. The van der Waals surface area contributed by atoms with Gasteiger partial charge in [-0.05, 0) is 43.7 Å². The molecule has 1 amide bonds. The summed E-state index contributed by atoms with van der Waals surface area (Å²) in [7, 11) is 0. The molecule has 1 saturated carbocycles. The molecule has 1 aromatic carbocycles. The fraction of sp³-hybridized carbons (Fsp3) is 0.500. The number of hydrogen-bond acceptors (Lipinski definition) is 3. The Morgan fingerprint density at radius 3 is 2.74 bits per heavy atom. The number of nitrogen functional groups attached to an aromatic ring is 1. The molecule has 0 radical (unpaired) electrons. The summed E-state index contributed by atoms with van der Waals surface area (Å²) in [4.78, 5) is 12.1. The number of halogens is 1. The predicted molar refractivity (Wildman–Crippen MR) is 78.0 cm³/mol. The molecule has 1 aliphatic rings. The molecule has 3 N–H and O–H groups in total. The third-order valence-corrected chi connectivity index (χ3v) is 5.21. The van der Waals surface area contributed by atoms with Gasteiger partial charge in [-0.15, -0.1) is 0 Å². The van der Waals surface area contributed by atoms with Crippen LogP contribution in [0.25, 0.3) is 0 Å². The van der Waals surface area contributed by atoms with E-state index in [4.69, 9.17) is 5.73 Å². The lowest BCUT2D eigenvalue weighted by molar-refractivity contribution is 0.0939. The van der Waals surface area contributed by atoms with Crippen molar-refractivity contribution in [2.45, 2.75) is 30.9 Å². The van der Waals surface area contributed by atoms with Crippen LogP contribution in [-0.4, -0.2) is 23.5 Å². The average molecular weight is 282 g/mol. The normalized spacial score (nSPS) is 16.8. The van der Waals surface area contributed by atoms with E-state index < -0.39 is 5.82 Å². The second-order valence-corrected chi connectivity index (χ2v) is 6.40. The highest BCUT2D eigenvalue weighted by Gasteiger charge is 2.36. The first-order chi connectivity index (χ1) is 8.97. The molecule has 2 rings (SSSR count). The van der Waals surface area contributed by atoms with E-state index in [-0.39, 0.29) is 16.2 Å². The maximum atomic E-state index is 13.9. The average Bonchev–Trinajstić information content (AvgIpc) is 2.32. The maximum absolute atomic E-state index is 13.9. The molecule has 104 valence electrons. The van der Waals surface area contributed by atoms with Crippen molar-refractivity contribution in [1.29, 1.82) is 0 Å². The molecule has 0 aliphatic heterocycles. The molecule has 1 fully saturated rings. The number of carbonyl (C=O) groups is 1. The Morgan fingerprint density at radius 1 is 1.53 bits per heavy atom. The van der Waals surface area contributed by atoms with Crippen LogP contribution < -0.4 is 11.1 Å². The second kappa shape index (κ2) is 5.41. The van der Waals surface area contributed by atoms with Gasteiger partial charge in [-0.3, -0.25) is 4.79 Å². The third kappa shape index (κ3) is 2.86.